The second-order valence-electron chi connectivity index (χ2n) is 2.76. The highest BCUT2D eigenvalue weighted by Gasteiger charge is 2.15. The van der Waals surface area contributed by atoms with Crippen LogP contribution in [0.3, 0.4) is 0 Å². The molecule has 3 heteroatoms. The molecular formula is C7H13N3. The predicted octanol–water partition coefficient (Wildman–Crippen LogP) is -0.316. The van der Waals surface area contributed by atoms with Crippen molar-refractivity contribution in [3.05, 3.63) is 11.8 Å². The molecular weight excluding hydrogens is 126 g/mol. The Morgan fingerprint density at radius 1 is 1.30 bits per heavy atom. The summed E-state index contributed by atoms with van der Waals surface area (Å²) in [7, 11) is 0. The fourth-order valence-electron chi connectivity index (χ4n) is 1.47. The smallest absolute Gasteiger partial charge is 0.0694 e. The van der Waals surface area contributed by atoms with Gasteiger partial charge in [0.2, 0.25) is 0 Å². The molecule has 2 aliphatic heterocycles. The van der Waals surface area contributed by atoms with Gasteiger partial charge in [-0.25, -0.2) is 0 Å². The molecule has 0 amide bonds. The first-order valence-corrected chi connectivity index (χ1v) is 3.82. The third-order valence-electron chi connectivity index (χ3n) is 2.05. The molecule has 0 aromatic heterocycles. The zero-order valence-corrected chi connectivity index (χ0v) is 6.06. The van der Waals surface area contributed by atoms with Crippen LogP contribution in [-0.2, 0) is 0 Å². The largest absolute Gasteiger partial charge is 0.350 e. The van der Waals surface area contributed by atoms with E-state index in [-0.39, 0.29) is 0 Å². The SMILES string of the molecule is C1=C2CCNCN2CNC1. The van der Waals surface area contributed by atoms with E-state index in [4.69, 9.17) is 0 Å². The average molecular weight is 139 g/mol. The molecule has 1 fully saturated rings. The van der Waals surface area contributed by atoms with Crippen LogP contribution >= 0.6 is 0 Å². The first kappa shape index (κ1) is 6.19. The molecule has 1 saturated heterocycles. The Morgan fingerprint density at radius 3 is 3.10 bits per heavy atom. The van der Waals surface area contributed by atoms with Gasteiger partial charge in [0.05, 0.1) is 13.3 Å². The van der Waals surface area contributed by atoms with Crippen LogP contribution in [0.15, 0.2) is 11.8 Å². The zero-order valence-electron chi connectivity index (χ0n) is 6.06. The molecule has 0 bridgehead atoms. The predicted molar refractivity (Wildman–Crippen MR) is 40.3 cm³/mol. The highest BCUT2D eigenvalue weighted by molar-refractivity contribution is 5.07. The minimum atomic E-state index is 1.01. The van der Waals surface area contributed by atoms with Crippen LogP contribution in [-0.4, -0.2) is 31.3 Å². The molecule has 3 nitrogen and oxygen atoms in total. The van der Waals surface area contributed by atoms with Gasteiger partial charge < -0.3 is 4.90 Å². The molecule has 0 aliphatic carbocycles. The van der Waals surface area contributed by atoms with Crippen LogP contribution in [0.4, 0.5) is 0 Å². The normalized spacial score (nSPS) is 25.6. The Hall–Kier alpha value is -0.540. The Labute approximate surface area is 61.1 Å². The summed E-state index contributed by atoms with van der Waals surface area (Å²) in [5.74, 6) is 0. The molecule has 2 rings (SSSR count). The summed E-state index contributed by atoms with van der Waals surface area (Å²) in [5.41, 5.74) is 1.51. The number of hydrogen-bond donors (Lipinski definition) is 2. The fourth-order valence-corrected chi connectivity index (χ4v) is 1.47. The molecule has 10 heavy (non-hydrogen) atoms. The van der Waals surface area contributed by atoms with E-state index >= 15 is 0 Å². The van der Waals surface area contributed by atoms with Crippen LogP contribution in [0.2, 0.25) is 0 Å². The number of fused-ring (bicyclic) bond motifs is 1. The van der Waals surface area contributed by atoms with Crippen molar-refractivity contribution in [3.8, 4) is 0 Å². The minimum Gasteiger partial charge on any atom is -0.350 e. The zero-order chi connectivity index (χ0) is 6.81. The Morgan fingerprint density at radius 2 is 2.20 bits per heavy atom. The van der Waals surface area contributed by atoms with Crippen LogP contribution < -0.4 is 10.6 Å². The van der Waals surface area contributed by atoms with E-state index in [1.54, 1.807) is 0 Å². The number of nitrogens with zero attached hydrogens (tertiary/aromatic N) is 1. The molecule has 0 atom stereocenters. The summed E-state index contributed by atoms with van der Waals surface area (Å²) >= 11 is 0. The van der Waals surface area contributed by atoms with Crippen molar-refractivity contribution >= 4 is 0 Å². The number of nitrogens with one attached hydrogen (secondary N) is 2. The second kappa shape index (κ2) is 2.60. The summed E-state index contributed by atoms with van der Waals surface area (Å²) in [6, 6.07) is 0. The molecule has 0 aromatic rings. The van der Waals surface area contributed by atoms with Gasteiger partial charge >= 0.3 is 0 Å². The molecule has 56 valence electrons. The lowest BCUT2D eigenvalue weighted by molar-refractivity contribution is 0.245. The number of hydrogen-bond acceptors (Lipinski definition) is 3. The molecule has 0 aromatic carbocycles. The average Bonchev–Trinajstić information content (AvgIpc) is 2.05. The third kappa shape index (κ3) is 1.02. The third-order valence-corrected chi connectivity index (χ3v) is 2.05. The maximum absolute atomic E-state index is 3.33. The summed E-state index contributed by atoms with van der Waals surface area (Å²) < 4.78 is 0. The van der Waals surface area contributed by atoms with E-state index in [0.29, 0.717) is 0 Å². The summed E-state index contributed by atoms with van der Waals surface area (Å²) in [6.45, 7) is 4.21. The van der Waals surface area contributed by atoms with Gasteiger partial charge in [0.25, 0.3) is 0 Å². The van der Waals surface area contributed by atoms with Crippen LogP contribution in [0.25, 0.3) is 0 Å². The van der Waals surface area contributed by atoms with Crippen molar-refractivity contribution in [1.82, 2.24) is 15.5 Å². The van der Waals surface area contributed by atoms with Gasteiger partial charge in [-0.1, -0.05) is 6.08 Å². The van der Waals surface area contributed by atoms with E-state index in [2.05, 4.69) is 21.6 Å². The van der Waals surface area contributed by atoms with E-state index in [1.807, 2.05) is 0 Å². The van der Waals surface area contributed by atoms with Crippen molar-refractivity contribution in [2.75, 3.05) is 26.4 Å². The van der Waals surface area contributed by atoms with Crippen molar-refractivity contribution in [3.63, 3.8) is 0 Å². The van der Waals surface area contributed by atoms with E-state index in [1.165, 1.54) is 12.1 Å². The topological polar surface area (TPSA) is 27.3 Å². The molecule has 0 unspecified atom stereocenters. The summed E-state index contributed by atoms with van der Waals surface area (Å²) in [4.78, 5) is 2.34. The molecule has 2 aliphatic rings. The molecule has 2 N–H and O–H groups in total. The lowest BCUT2D eigenvalue weighted by Crippen LogP contribution is -2.47. The maximum Gasteiger partial charge on any atom is 0.0694 e. The van der Waals surface area contributed by atoms with Crippen LogP contribution in [0.5, 0.6) is 0 Å². The van der Waals surface area contributed by atoms with Crippen molar-refractivity contribution in [2.45, 2.75) is 6.42 Å². The lowest BCUT2D eigenvalue weighted by Gasteiger charge is -2.35. The van der Waals surface area contributed by atoms with Gasteiger partial charge in [-0.2, -0.15) is 0 Å². The Kier molecular flexibility index (Phi) is 1.61. The number of rotatable bonds is 0. The molecule has 0 spiro atoms. The van der Waals surface area contributed by atoms with Gasteiger partial charge in [0, 0.05) is 18.8 Å². The first-order valence-electron chi connectivity index (χ1n) is 3.82. The van der Waals surface area contributed by atoms with Gasteiger partial charge in [-0.05, 0) is 6.42 Å². The monoisotopic (exact) mass is 139 g/mol. The van der Waals surface area contributed by atoms with Crippen LogP contribution in [0.1, 0.15) is 6.42 Å². The van der Waals surface area contributed by atoms with Crippen molar-refractivity contribution < 1.29 is 0 Å². The van der Waals surface area contributed by atoms with Crippen molar-refractivity contribution in [2.24, 2.45) is 0 Å². The molecule has 2 heterocycles. The Bertz CT molecular complexity index is 153. The maximum atomic E-state index is 3.33. The first-order chi connectivity index (χ1) is 4.97. The fraction of sp³-hybridized carbons (Fsp3) is 0.714. The van der Waals surface area contributed by atoms with Gasteiger partial charge in [-0.15, -0.1) is 0 Å². The lowest BCUT2D eigenvalue weighted by atomic mass is 10.2. The van der Waals surface area contributed by atoms with Gasteiger partial charge in [-0.3, -0.25) is 10.6 Å². The van der Waals surface area contributed by atoms with Crippen LogP contribution in [0, 0.1) is 0 Å². The summed E-state index contributed by atoms with van der Waals surface area (Å²) in [5, 5.41) is 6.62. The summed E-state index contributed by atoms with van der Waals surface area (Å²) in [6.07, 6.45) is 3.48. The van der Waals surface area contributed by atoms with Gasteiger partial charge in [0.15, 0.2) is 0 Å². The molecule has 0 radical (unpaired) electrons. The second-order valence-corrected chi connectivity index (χ2v) is 2.76. The quantitative estimate of drug-likeness (QED) is 0.482. The van der Waals surface area contributed by atoms with Gasteiger partial charge in [0.1, 0.15) is 0 Å². The highest BCUT2D eigenvalue weighted by atomic mass is 15.3. The van der Waals surface area contributed by atoms with E-state index in [0.717, 1.165) is 26.4 Å². The standard InChI is InChI=1S/C7H13N3/c1-3-8-5-10-6-9-4-2-7(1)10/h1,8-9H,2-6H2. The highest BCUT2D eigenvalue weighted by Crippen LogP contribution is 2.12. The van der Waals surface area contributed by atoms with Crippen molar-refractivity contribution in [1.29, 1.82) is 0 Å². The van der Waals surface area contributed by atoms with E-state index in [9.17, 15) is 0 Å². The minimum absolute atomic E-state index is 1.01. The van der Waals surface area contributed by atoms with E-state index < -0.39 is 0 Å². The molecule has 0 saturated carbocycles. The Balaban J connectivity index is 2.08.